The summed E-state index contributed by atoms with van der Waals surface area (Å²) in [4.78, 5) is 2.81. The summed E-state index contributed by atoms with van der Waals surface area (Å²) in [5.74, 6) is 0. The molecule has 2 aliphatic heterocycles. The maximum Gasteiger partial charge on any atom is 0.101 e. The summed E-state index contributed by atoms with van der Waals surface area (Å²) in [5, 5.41) is 3.49. The van der Waals surface area contributed by atoms with Gasteiger partial charge in [-0.25, -0.2) is 0 Å². The fourth-order valence-electron chi connectivity index (χ4n) is 2.56. The lowest BCUT2D eigenvalue weighted by Gasteiger charge is -2.33. The Balaban J connectivity index is 1.67. The number of halogens is 1. The molecule has 1 aromatic carbocycles. The predicted molar refractivity (Wildman–Crippen MR) is 78.4 cm³/mol. The number of alkyl halides is 1. The molecule has 0 fully saturated rings. The minimum absolute atomic E-state index is 0.303. The molecular weight excluding hydrogens is 288 g/mol. The number of benzene rings is 1. The first-order valence-electron chi connectivity index (χ1n) is 6.38. The largest absolute Gasteiger partial charge is 0.373 e. The van der Waals surface area contributed by atoms with Crippen LogP contribution in [0.5, 0.6) is 0 Å². The third-order valence-corrected chi connectivity index (χ3v) is 4.02. The summed E-state index contributed by atoms with van der Waals surface area (Å²) in [7, 11) is 0. The lowest BCUT2D eigenvalue weighted by atomic mass is 10.0. The Bertz CT molecular complexity index is 479. The van der Waals surface area contributed by atoms with Crippen LogP contribution < -0.4 is 5.32 Å². The van der Waals surface area contributed by atoms with Crippen molar-refractivity contribution < 1.29 is 0 Å². The highest BCUT2D eigenvalue weighted by Crippen LogP contribution is 2.23. The molecule has 0 saturated carbocycles. The second-order valence-corrected chi connectivity index (χ2v) is 5.84. The Morgan fingerprint density at radius 1 is 1.28 bits per heavy atom. The first-order chi connectivity index (χ1) is 8.81. The van der Waals surface area contributed by atoms with Gasteiger partial charge in [-0.3, -0.25) is 4.90 Å². The van der Waals surface area contributed by atoms with Gasteiger partial charge in [-0.15, -0.1) is 0 Å². The lowest BCUT2D eigenvalue weighted by Crippen LogP contribution is -2.37. The molecule has 2 aliphatic rings. The van der Waals surface area contributed by atoms with E-state index in [2.05, 4.69) is 68.6 Å². The van der Waals surface area contributed by atoms with E-state index in [4.69, 9.17) is 0 Å². The van der Waals surface area contributed by atoms with Crippen molar-refractivity contribution in [2.24, 2.45) is 0 Å². The number of hydrogen-bond acceptors (Lipinski definition) is 2. The Labute approximate surface area is 117 Å². The van der Waals surface area contributed by atoms with Gasteiger partial charge in [-0.1, -0.05) is 58.4 Å². The molecule has 18 heavy (non-hydrogen) atoms. The van der Waals surface area contributed by atoms with Gasteiger partial charge in [0.15, 0.2) is 0 Å². The average Bonchev–Trinajstić information content (AvgIpc) is 2.40. The van der Waals surface area contributed by atoms with Crippen molar-refractivity contribution in [3.8, 4) is 0 Å². The molecule has 2 nitrogen and oxygen atoms in total. The van der Waals surface area contributed by atoms with E-state index < -0.39 is 0 Å². The minimum atomic E-state index is 0.303. The van der Waals surface area contributed by atoms with Crippen LogP contribution in [0.2, 0.25) is 0 Å². The predicted octanol–water partition coefficient (Wildman–Crippen LogP) is 3.03. The van der Waals surface area contributed by atoms with Gasteiger partial charge in [0.1, 0.15) is 4.95 Å². The quantitative estimate of drug-likeness (QED) is 0.667. The Morgan fingerprint density at radius 2 is 2.11 bits per heavy atom. The maximum absolute atomic E-state index is 3.57. The molecule has 1 atom stereocenters. The number of hydrogen-bond donors (Lipinski definition) is 1. The first kappa shape index (κ1) is 12.0. The van der Waals surface area contributed by atoms with Crippen LogP contribution in [-0.4, -0.2) is 22.9 Å². The van der Waals surface area contributed by atoms with Crippen LogP contribution in [0.3, 0.4) is 0 Å². The van der Waals surface area contributed by atoms with Crippen LogP contribution in [0.4, 0.5) is 0 Å². The van der Waals surface area contributed by atoms with E-state index in [0.29, 0.717) is 4.95 Å². The van der Waals surface area contributed by atoms with Gasteiger partial charge >= 0.3 is 0 Å². The fraction of sp³-hybridized carbons (Fsp3) is 0.333. The van der Waals surface area contributed by atoms with Crippen LogP contribution in [0.15, 0.2) is 53.8 Å². The molecule has 0 radical (unpaired) electrons. The number of nitrogens with zero attached hydrogens (tertiary/aromatic N) is 1. The first-order valence-corrected chi connectivity index (χ1v) is 7.30. The van der Waals surface area contributed by atoms with Gasteiger partial charge in [0.25, 0.3) is 0 Å². The summed E-state index contributed by atoms with van der Waals surface area (Å²) in [6.07, 6.45) is 5.54. The highest BCUT2D eigenvalue weighted by atomic mass is 79.9. The topological polar surface area (TPSA) is 15.3 Å². The molecule has 3 rings (SSSR count). The zero-order valence-electron chi connectivity index (χ0n) is 10.3. The fourth-order valence-corrected chi connectivity index (χ4v) is 2.98. The van der Waals surface area contributed by atoms with Gasteiger partial charge in [0.05, 0.1) is 0 Å². The van der Waals surface area contributed by atoms with Gasteiger partial charge in [0, 0.05) is 31.8 Å². The second-order valence-electron chi connectivity index (χ2n) is 4.86. The van der Waals surface area contributed by atoms with E-state index in [-0.39, 0.29) is 0 Å². The van der Waals surface area contributed by atoms with E-state index in [1.807, 2.05) is 0 Å². The van der Waals surface area contributed by atoms with E-state index in [9.17, 15) is 0 Å². The average molecular weight is 305 g/mol. The zero-order valence-corrected chi connectivity index (χ0v) is 11.9. The maximum atomic E-state index is 3.57. The van der Waals surface area contributed by atoms with Crippen molar-refractivity contribution in [2.45, 2.75) is 17.9 Å². The lowest BCUT2D eigenvalue weighted by molar-refractivity contribution is 0.275. The molecule has 94 valence electrons. The van der Waals surface area contributed by atoms with Crippen molar-refractivity contribution in [3.05, 3.63) is 59.3 Å². The van der Waals surface area contributed by atoms with E-state index in [0.717, 1.165) is 26.1 Å². The third-order valence-electron chi connectivity index (χ3n) is 3.49. The summed E-state index contributed by atoms with van der Waals surface area (Å²) in [5.41, 5.74) is 4.24. The van der Waals surface area contributed by atoms with Crippen molar-refractivity contribution in [3.63, 3.8) is 0 Å². The van der Waals surface area contributed by atoms with E-state index in [1.54, 1.807) is 0 Å². The van der Waals surface area contributed by atoms with E-state index >= 15 is 0 Å². The minimum Gasteiger partial charge on any atom is -0.373 e. The third kappa shape index (κ3) is 2.68. The summed E-state index contributed by atoms with van der Waals surface area (Å²) in [6, 6.07) is 10.7. The number of dihydropyridines is 1. The molecule has 1 aromatic rings. The van der Waals surface area contributed by atoms with Gasteiger partial charge < -0.3 is 5.32 Å². The molecule has 3 heteroatoms. The Morgan fingerprint density at radius 3 is 2.94 bits per heavy atom. The molecule has 2 heterocycles. The molecule has 0 saturated heterocycles. The monoisotopic (exact) mass is 304 g/mol. The van der Waals surface area contributed by atoms with Crippen molar-refractivity contribution >= 4 is 15.9 Å². The Kier molecular flexibility index (Phi) is 3.52. The molecule has 1 N–H and O–H groups in total. The second kappa shape index (κ2) is 5.29. The molecule has 0 aromatic heterocycles. The van der Waals surface area contributed by atoms with Crippen LogP contribution in [-0.2, 0) is 6.54 Å². The van der Waals surface area contributed by atoms with Crippen molar-refractivity contribution in [1.29, 1.82) is 0 Å². The van der Waals surface area contributed by atoms with Gasteiger partial charge in [-0.05, 0) is 11.1 Å². The number of rotatable bonds is 2. The van der Waals surface area contributed by atoms with Crippen LogP contribution >= 0.6 is 15.9 Å². The van der Waals surface area contributed by atoms with Gasteiger partial charge in [0.2, 0.25) is 0 Å². The molecule has 0 spiro atoms. The summed E-state index contributed by atoms with van der Waals surface area (Å²) < 4.78 is 0. The smallest absolute Gasteiger partial charge is 0.101 e. The normalized spacial score (nSPS) is 23.7. The molecular formula is C15H17BrN2. The molecule has 0 aliphatic carbocycles. The van der Waals surface area contributed by atoms with Crippen molar-refractivity contribution in [1.82, 2.24) is 10.2 Å². The highest BCUT2D eigenvalue weighted by molar-refractivity contribution is 9.09. The summed E-state index contributed by atoms with van der Waals surface area (Å²) >= 11 is 3.57. The molecule has 0 amide bonds. The van der Waals surface area contributed by atoms with Crippen LogP contribution in [0.1, 0.15) is 12.0 Å². The number of nitrogens with one attached hydrogen (secondary N) is 1. The molecule has 1 unspecified atom stereocenters. The van der Waals surface area contributed by atoms with Crippen LogP contribution in [0, 0.1) is 0 Å². The Hall–Kier alpha value is -1.06. The zero-order chi connectivity index (χ0) is 12.4. The molecule has 0 bridgehead atoms. The van der Waals surface area contributed by atoms with Gasteiger partial charge in [-0.2, -0.15) is 0 Å². The highest BCUT2D eigenvalue weighted by Gasteiger charge is 2.20. The van der Waals surface area contributed by atoms with Crippen LogP contribution in [0.25, 0.3) is 0 Å². The summed E-state index contributed by atoms with van der Waals surface area (Å²) in [6.45, 7) is 3.23. The SMILES string of the molecule is BrC1C=CC2=C(CCN(Cc3ccccc3)C2)N1. The standard InChI is InChI=1S/C15H17BrN2/c16-15-7-6-13-11-18(9-8-14(13)17-15)10-12-4-2-1-3-5-12/h1-7,15,17H,8-11H2. The van der Waals surface area contributed by atoms with E-state index in [1.165, 1.54) is 16.8 Å². The van der Waals surface area contributed by atoms with Crippen molar-refractivity contribution in [2.75, 3.05) is 13.1 Å².